The molecule has 0 unspecified atom stereocenters. The molecule has 2 N–H and O–H groups in total. The van der Waals surface area contributed by atoms with Gasteiger partial charge in [-0.25, -0.2) is 0 Å². The Hall–Kier alpha value is -1.49. The minimum atomic E-state index is 0.464. The van der Waals surface area contributed by atoms with E-state index in [1.54, 1.807) is 19.2 Å². The van der Waals surface area contributed by atoms with E-state index in [1.807, 2.05) is 0 Å². The van der Waals surface area contributed by atoms with Crippen molar-refractivity contribution >= 4 is 5.69 Å². The van der Waals surface area contributed by atoms with E-state index in [1.165, 1.54) is 32.4 Å². The van der Waals surface area contributed by atoms with Crippen molar-refractivity contribution in [2.75, 3.05) is 39.1 Å². The molecule has 5 nitrogen and oxygen atoms in total. The van der Waals surface area contributed by atoms with E-state index in [-0.39, 0.29) is 0 Å². The van der Waals surface area contributed by atoms with Crippen molar-refractivity contribution in [2.24, 2.45) is 0 Å². The Labute approximate surface area is 108 Å². The van der Waals surface area contributed by atoms with Crippen LogP contribution in [0.25, 0.3) is 0 Å². The lowest BCUT2D eigenvalue weighted by molar-refractivity contribution is 0.180. The van der Waals surface area contributed by atoms with Gasteiger partial charge in [0.2, 0.25) is 11.8 Å². The first kappa shape index (κ1) is 13.0. The van der Waals surface area contributed by atoms with Crippen LogP contribution in [0.3, 0.4) is 0 Å². The molecule has 0 amide bonds. The average Bonchev–Trinajstić information content (AvgIpc) is 2.42. The first-order chi connectivity index (χ1) is 8.79. The van der Waals surface area contributed by atoms with Gasteiger partial charge >= 0.3 is 0 Å². The first-order valence-electron chi connectivity index (χ1n) is 6.45. The number of pyridine rings is 1. The van der Waals surface area contributed by atoms with Crippen LogP contribution >= 0.6 is 0 Å². The van der Waals surface area contributed by atoms with Crippen LogP contribution in [0.4, 0.5) is 5.69 Å². The lowest BCUT2D eigenvalue weighted by Gasteiger charge is -2.26. The van der Waals surface area contributed by atoms with Crippen LogP contribution in [-0.2, 0) is 0 Å². The number of likely N-dealkylation sites (tertiary alicyclic amines) is 1. The van der Waals surface area contributed by atoms with Gasteiger partial charge in [0.05, 0.1) is 12.8 Å². The average molecular weight is 251 g/mol. The Balaban J connectivity index is 1.81. The fourth-order valence-electron chi connectivity index (χ4n) is 2.12. The van der Waals surface area contributed by atoms with Crippen LogP contribution in [-0.4, -0.2) is 43.2 Å². The first-order valence-corrected chi connectivity index (χ1v) is 6.45. The van der Waals surface area contributed by atoms with Gasteiger partial charge in [0.1, 0.15) is 6.61 Å². The second-order valence-corrected chi connectivity index (χ2v) is 4.50. The number of nitrogen functional groups attached to an aromatic ring is 1. The van der Waals surface area contributed by atoms with E-state index in [0.29, 0.717) is 24.1 Å². The molecule has 0 aromatic carbocycles. The van der Waals surface area contributed by atoms with Crippen LogP contribution in [0.1, 0.15) is 19.3 Å². The largest absolute Gasteiger partial charge is 0.481 e. The summed E-state index contributed by atoms with van der Waals surface area (Å²) in [6.07, 6.45) is 3.93. The summed E-state index contributed by atoms with van der Waals surface area (Å²) in [4.78, 5) is 6.60. The molecule has 2 rings (SSSR count). The summed E-state index contributed by atoms with van der Waals surface area (Å²) < 4.78 is 10.7. The predicted molar refractivity (Wildman–Crippen MR) is 71.0 cm³/mol. The standard InChI is InChI=1S/C13H21N3O2/c1-17-12-6-5-11(14)13(15-12)18-10-9-16-7-3-2-4-8-16/h5-6H,2-4,7-10,14H2,1H3. The molecule has 0 spiro atoms. The van der Waals surface area contributed by atoms with E-state index in [9.17, 15) is 0 Å². The third-order valence-corrected chi connectivity index (χ3v) is 3.17. The molecule has 100 valence electrons. The highest BCUT2D eigenvalue weighted by Gasteiger charge is 2.10. The number of nitrogens with zero attached hydrogens (tertiary/aromatic N) is 2. The lowest BCUT2D eigenvalue weighted by Crippen LogP contribution is -2.33. The van der Waals surface area contributed by atoms with E-state index >= 15 is 0 Å². The molecule has 1 aromatic heterocycles. The highest BCUT2D eigenvalue weighted by atomic mass is 16.5. The second kappa shape index (κ2) is 6.44. The van der Waals surface area contributed by atoms with Gasteiger partial charge < -0.3 is 15.2 Å². The molecule has 0 saturated carbocycles. The number of anilines is 1. The van der Waals surface area contributed by atoms with Gasteiger partial charge in [-0.2, -0.15) is 4.98 Å². The summed E-state index contributed by atoms with van der Waals surface area (Å²) in [5, 5.41) is 0. The Morgan fingerprint density at radius 2 is 2.06 bits per heavy atom. The fourth-order valence-corrected chi connectivity index (χ4v) is 2.12. The number of piperidine rings is 1. The minimum Gasteiger partial charge on any atom is -0.481 e. The van der Waals surface area contributed by atoms with Crippen LogP contribution in [0.2, 0.25) is 0 Å². The fraction of sp³-hybridized carbons (Fsp3) is 0.615. The van der Waals surface area contributed by atoms with Crippen molar-refractivity contribution < 1.29 is 9.47 Å². The molecule has 1 aromatic rings. The van der Waals surface area contributed by atoms with Crippen LogP contribution < -0.4 is 15.2 Å². The Morgan fingerprint density at radius 1 is 1.28 bits per heavy atom. The maximum atomic E-state index is 5.81. The molecule has 5 heteroatoms. The van der Waals surface area contributed by atoms with E-state index in [0.717, 1.165) is 6.54 Å². The molecule has 1 saturated heterocycles. The number of hydrogen-bond donors (Lipinski definition) is 1. The summed E-state index contributed by atoms with van der Waals surface area (Å²) in [7, 11) is 1.58. The number of rotatable bonds is 5. The van der Waals surface area contributed by atoms with Gasteiger partial charge in [-0.05, 0) is 32.0 Å². The molecule has 0 aliphatic carbocycles. The van der Waals surface area contributed by atoms with Crippen molar-refractivity contribution in [3.63, 3.8) is 0 Å². The number of ether oxygens (including phenoxy) is 2. The Kier molecular flexibility index (Phi) is 4.64. The van der Waals surface area contributed by atoms with Crippen molar-refractivity contribution in [3.8, 4) is 11.8 Å². The molecular formula is C13H21N3O2. The zero-order valence-electron chi connectivity index (χ0n) is 10.9. The van der Waals surface area contributed by atoms with Crippen LogP contribution in [0.5, 0.6) is 11.8 Å². The van der Waals surface area contributed by atoms with E-state index < -0.39 is 0 Å². The molecule has 1 aliphatic heterocycles. The molecule has 0 radical (unpaired) electrons. The minimum absolute atomic E-state index is 0.464. The maximum Gasteiger partial charge on any atom is 0.240 e. The lowest BCUT2D eigenvalue weighted by atomic mass is 10.1. The Bertz CT molecular complexity index is 378. The van der Waals surface area contributed by atoms with Gasteiger partial charge in [0.25, 0.3) is 0 Å². The molecule has 2 heterocycles. The summed E-state index contributed by atoms with van der Waals surface area (Å²) in [5.74, 6) is 0.989. The van der Waals surface area contributed by atoms with Gasteiger partial charge in [-0.3, -0.25) is 4.90 Å². The maximum absolute atomic E-state index is 5.81. The monoisotopic (exact) mass is 251 g/mol. The summed E-state index contributed by atoms with van der Waals surface area (Å²) in [6.45, 7) is 3.89. The number of aromatic nitrogens is 1. The SMILES string of the molecule is COc1ccc(N)c(OCCN2CCCCC2)n1. The molecule has 1 aliphatic rings. The number of hydrogen-bond acceptors (Lipinski definition) is 5. The van der Waals surface area contributed by atoms with Gasteiger partial charge in [0.15, 0.2) is 0 Å². The van der Waals surface area contributed by atoms with Crippen molar-refractivity contribution in [2.45, 2.75) is 19.3 Å². The number of nitrogens with two attached hydrogens (primary N) is 1. The van der Waals surface area contributed by atoms with Gasteiger partial charge in [0, 0.05) is 12.6 Å². The molecule has 0 atom stereocenters. The second-order valence-electron chi connectivity index (χ2n) is 4.50. The quantitative estimate of drug-likeness (QED) is 0.860. The predicted octanol–water partition coefficient (Wildman–Crippen LogP) is 1.54. The summed E-state index contributed by atoms with van der Waals surface area (Å²) in [6, 6.07) is 3.48. The molecular weight excluding hydrogens is 230 g/mol. The highest BCUT2D eigenvalue weighted by Crippen LogP contribution is 2.21. The van der Waals surface area contributed by atoms with Crippen molar-refractivity contribution in [3.05, 3.63) is 12.1 Å². The Morgan fingerprint density at radius 3 is 2.78 bits per heavy atom. The zero-order valence-corrected chi connectivity index (χ0v) is 10.9. The molecule has 0 bridgehead atoms. The molecule has 1 fully saturated rings. The van der Waals surface area contributed by atoms with E-state index in [4.69, 9.17) is 15.2 Å². The van der Waals surface area contributed by atoms with Gasteiger partial charge in [-0.1, -0.05) is 6.42 Å². The topological polar surface area (TPSA) is 60.6 Å². The zero-order chi connectivity index (χ0) is 12.8. The third-order valence-electron chi connectivity index (χ3n) is 3.17. The normalized spacial score (nSPS) is 16.5. The smallest absolute Gasteiger partial charge is 0.240 e. The van der Waals surface area contributed by atoms with E-state index in [2.05, 4.69) is 9.88 Å². The summed E-state index contributed by atoms with van der Waals surface area (Å²) >= 11 is 0. The van der Waals surface area contributed by atoms with Crippen LogP contribution in [0, 0.1) is 0 Å². The molecule has 18 heavy (non-hydrogen) atoms. The van der Waals surface area contributed by atoms with Gasteiger partial charge in [-0.15, -0.1) is 0 Å². The highest BCUT2D eigenvalue weighted by molar-refractivity contribution is 5.49. The van der Waals surface area contributed by atoms with Crippen molar-refractivity contribution in [1.82, 2.24) is 9.88 Å². The van der Waals surface area contributed by atoms with Crippen LogP contribution in [0.15, 0.2) is 12.1 Å². The summed E-state index contributed by atoms with van der Waals surface area (Å²) in [5.41, 5.74) is 6.36. The number of methoxy groups -OCH3 is 1. The third kappa shape index (κ3) is 3.50. The van der Waals surface area contributed by atoms with Crippen molar-refractivity contribution in [1.29, 1.82) is 0 Å².